The minimum atomic E-state index is -0.416. The number of benzene rings is 1. The van der Waals surface area contributed by atoms with Crippen LogP contribution in [0, 0.1) is 10.1 Å². The molecular formula is C14H15N3O3. The van der Waals surface area contributed by atoms with Crippen LogP contribution in [-0.4, -0.2) is 22.5 Å². The molecule has 1 saturated carbocycles. The third kappa shape index (κ3) is 3.03. The van der Waals surface area contributed by atoms with Gasteiger partial charge in [-0.3, -0.25) is 10.1 Å². The molecule has 1 fully saturated rings. The first-order valence-corrected chi connectivity index (χ1v) is 6.65. The van der Waals surface area contributed by atoms with Crippen LogP contribution in [0.4, 0.5) is 5.69 Å². The third-order valence-electron chi connectivity index (χ3n) is 3.24. The summed E-state index contributed by atoms with van der Waals surface area (Å²) in [7, 11) is 0. The second kappa shape index (κ2) is 5.42. The van der Waals surface area contributed by atoms with Gasteiger partial charge in [-0.05, 0) is 12.8 Å². The van der Waals surface area contributed by atoms with Gasteiger partial charge in [-0.25, -0.2) is 4.98 Å². The van der Waals surface area contributed by atoms with Crippen LogP contribution >= 0.6 is 0 Å². The van der Waals surface area contributed by atoms with E-state index in [1.165, 1.54) is 25.0 Å². The summed E-state index contributed by atoms with van der Waals surface area (Å²) in [5, 5.41) is 14.1. The number of nitrogens with zero attached hydrogens (tertiary/aromatic N) is 2. The van der Waals surface area contributed by atoms with Crippen LogP contribution in [0.25, 0.3) is 11.3 Å². The fourth-order valence-electron chi connectivity index (χ4n) is 2.00. The van der Waals surface area contributed by atoms with Crippen LogP contribution in [0.2, 0.25) is 0 Å². The van der Waals surface area contributed by atoms with E-state index in [1.54, 1.807) is 18.3 Å². The highest BCUT2D eigenvalue weighted by atomic mass is 16.6. The predicted molar refractivity (Wildman–Crippen MR) is 73.3 cm³/mol. The molecule has 1 aliphatic rings. The Hall–Kier alpha value is -2.21. The van der Waals surface area contributed by atoms with E-state index in [2.05, 4.69) is 10.3 Å². The number of nitrogens with one attached hydrogen (secondary N) is 1. The van der Waals surface area contributed by atoms with Gasteiger partial charge in [0.2, 0.25) is 0 Å². The highest BCUT2D eigenvalue weighted by molar-refractivity contribution is 5.60. The predicted octanol–water partition coefficient (Wildman–Crippen LogP) is 2.54. The van der Waals surface area contributed by atoms with Crippen molar-refractivity contribution in [3.63, 3.8) is 0 Å². The van der Waals surface area contributed by atoms with Gasteiger partial charge in [-0.2, -0.15) is 0 Å². The topological polar surface area (TPSA) is 81.2 Å². The average Bonchev–Trinajstić information content (AvgIpc) is 3.15. The Labute approximate surface area is 116 Å². The largest absolute Gasteiger partial charge is 0.441 e. The summed E-state index contributed by atoms with van der Waals surface area (Å²) >= 11 is 0. The number of aromatic nitrogens is 1. The van der Waals surface area contributed by atoms with Crippen molar-refractivity contribution in [2.45, 2.75) is 25.3 Å². The highest BCUT2D eigenvalue weighted by Crippen LogP contribution is 2.24. The van der Waals surface area contributed by atoms with Gasteiger partial charge in [0.1, 0.15) is 0 Å². The van der Waals surface area contributed by atoms with E-state index in [9.17, 15) is 10.1 Å². The standard InChI is InChI=1S/C14H15N3O3/c18-17(19)12-3-1-2-10(8-12)13-9-16-14(20-13)6-7-15-11-4-5-11/h1-3,8-9,11,15H,4-7H2. The first-order valence-electron chi connectivity index (χ1n) is 6.65. The molecule has 6 nitrogen and oxygen atoms in total. The molecule has 0 amide bonds. The molecule has 0 bridgehead atoms. The van der Waals surface area contributed by atoms with E-state index >= 15 is 0 Å². The molecule has 6 heteroatoms. The van der Waals surface area contributed by atoms with Gasteiger partial charge in [0.25, 0.3) is 5.69 Å². The van der Waals surface area contributed by atoms with Crippen molar-refractivity contribution < 1.29 is 9.34 Å². The number of non-ortho nitro benzene ring substituents is 1. The van der Waals surface area contributed by atoms with Crippen LogP contribution in [0.3, 0.4) is 0 Å². The first-order chi connectivity index (χ1) is 9.72. The van der Waals surface area contributed by atoms with Gasteiger partial charge in [0.05, 0.1) is 11.1 Å². The molecule has 0 aliphatic heterocycles. The van der Waals surface area contributed by atoms with Gasteiger partial charge in [0, 0.05) is 36.7 Å². The summed E-state index contributed by atoms with van der Waals surface area (Å²) in [5.74, 6) is 1.22. The Balaban J connectivity index is 1.68. The van der Waals surface area contributed by atoms with Crippen LogP contribution in [0.15, 0.2) is 34.9 Å². The number of oxazole rings is 1. The molecule has 1 aromatic carbocycles. The van der Waals surface area contributed by atoms with Crippen LogP contribution in [0.1, 0.15) is 18.7 Å². The van der Waals surface area contributed by atoms with Crippen molar-refractivity contribution in [3.8, 4) is 11.3 Å². The minimum absolute atomic E-state index is 0.0517. The van der Waals surface area contributed by atoms with Crippen LogP contribution in [0.5, 0.6) is 0 Å². The van der Waals surface area contributed by atoms with E-state index < -0.39 is 4.92 Å². The Bertz CT molecular complexity index is 620. The fourth-order valence-corrected chi connectivity index (χ4v) is 2.00. The van der Waals surface area contributed by atoms with E-state index in [0.29, 0.717) is 23.3 Å². The number of hydrogen-bond acceptors (Lipinski definition) is 5. The SMILES string of the molecule is O=[N+]([O-])c1cccc(-c2cnc(CCNC3CC3)o2)c1. The third-order valence-corrected chi connectivity index (χ3v) is 3.24. The quantitative estimate of drug-likeness (QED) is 0.646. The summed E-state index contributed by atoms with van der Waals surface area (Å²) in [6.45, 7) is 0.847. The van der Waals surface area contributed by atoms with Gasteiger partial charge >= 0.3 is 0 Å². The lowest BCUT2D eigenvalue weighted by Crippen LogP contribution is -2.19. The number of hydrogen-bond donors (Lipinski definition) is 1. The lowest BCUT2D eigenvalue weighted by Gasteiger charge is -1.99. The Kier molecular flexibility index (Phi) is 3.47. The van der Waals surface area contributed by atoms with Crippen LogP contribution < -0.4 is 5.32 Å². The maximum absolute atomic E-state index is 10.8. The van der Waals surface area contributed by atoms with E-state index in [4.69, 9.17) is 4.42 Å². The summed E-state index contributed by atoms with van der Waals surface area (Å²) in [5.41, 5.74) is 0.726. The van der Waals surface area contributed by atoms with Crippen molar-refractivity contribution >= 4 is 5.69 Å². The maximum atomic E-state index is 10.8. The molecule has 2 aromatic rings. The summed E-state index contributed by atoms with van der Waals surface area (Å²) in [4.78, 5) is 14.5. The fraction of sp³-hybridized carbons (Fsp3) is 0.357. The smallest absolute Gasteiger partial charge is 0.270 e. The molecule has 1 aliphatic carbocycles. The monoisotopic (exact) mass is 273 g/mol. The van der Waals surface area contributed by atoms with Gasteiger partial charge in [-0.1, -0.05) is 12.1 Å². The average molecular weight is 273 g/mol. The second-order valence-corrected chi connectivity index (χ2v) is 4.90. The van der Waals surface area contributed by atoms with Crippen molar-refractivity contribution in [1.82, 2.24) is 10.3 Å². The number of nitro benzene ring substituents is 1. The molecule has 1 heterocycles. The molecule has 1 N–H and O–H groups in total. The molecule has 1 aromatic heterocycles. The van der Waals surface area contributed by atoms with Gasteiger partial charge < -0.3 is 9.73 Å². The molecule has 0 radical (unpaired) electrons. The summed E-state index contributed by atoms with van der Waals surface area (Å²) in [6.07, 6.45) is 4.85. The molecule has 0 atom stereocenters. The Morgan fingerprint density at radius 2 is 2.30 bits per heavy atom. The summed E-state index contributed by atoms with van der Waals surface area (Å²) < 4.78 is 5.63. The maximum Gasteiger partial charge on any atom is 0.270 e. The molecule has 0 unspecified atom stereocenters. The Morgan fingerprint density at radius 1 is 1.45 bits per heavy atom. The first kappa shape index (κ1) is 12.8. The van der Waals surface area contributed by atoms with E-state index in [-0.39, 0.29) is 5.69 Å². The van der Waals surface area contributed by atoms with E-state index in [1.807, 2.05) is 0 Å². The molecule has 0 saturated heterocycles. The lowest BCUT2D eigenvalue weighted by atomic mass is 10.2. The minimum Gasteiger partial charge on any atom is -0.441 e. The lowest BCUT2D eigenvalue weighted by molar-refractivity contribution is -0.384. The molecule has 104 valence electrons. The molecular weight excluding hydrogens is 258 g/mol. The van der Waals surface area contributed by atoms with E-state index in [0.717, 1.165) is 13.0 Å². The normalized spacial score (nSPS) is 14.4. The molecule has 20 heavy (non-hydrogen) atoms. The zero-order chi connectivity index (χ0) is 13.9. The molecule has 3 rings (SSSR count). The highest BCUT2D eigenvalue weighted by Gasteiger charge is 2.20. The molecule has 0 spiro atoms. The Morgan fingerprint density at radius 3 is 3.05 bits per heavy atom. The van der Waals surface area contributed by atoms with Crippen molar-refractivity contribution in [2.24, 2.45) is 0 Å². The van der Waals surface area contributed by atoms with Crippen molar-refractivity contribution in [2.75, 3.05) is 6.54 Å². The zero-order valence-electron chi connectivity index (χ0n) is 10.9. The van der Waals surface area contributed by atoms with Crippen molar-refractivity contribution in [3.05, 3.63) is 46.5 Å². The number of rotatable bonds is 6. The second-order valence-electron chi connectivity index (χ2n) is 4.90. The summed E-state index contributed by atoms with van der Waals surface area (Å²) in [6, 6.07) is 7.04. The van der Waals surface area contributed by atoms with Gasteiger partial charge in [0.15, 0.2) is 11.7 Å². The van der Waals surface area contributed by atoms with Crippen molar-refractivity contribution in [1.29, 1.82) is 0 Å². The van der Waals surface area contributed by atoms with Gasteiger partial charge in [-0.15, -0.1) is 0 Å². The zero-order valence-corrected chi connectivity index (χ0v) is 10.9. The van der Waals surface area contributed by atoms with Crippen LogP contribution in [-0.2, 0) is 6.42 Å². The number of nitro groups is 1.